The van der Waals surface area contributed by atoms with E-state index >= 15 is 0 Å². The summed E-state index contributed by atoms with van der Waals surface area (Å²) in [6, 6.07) is 0. The normalized spacial score (nSPS) is 10.2. The first-order chi connectivity index (χ1) is 6.38. The number of rotatable bonds is 3. The lowest BCUT2D eigenvalue weighted by molar-refractivity contribution is 0.777. The quantitative estimate of drug-likeness (QED) is 0.788. The average Bonchev–Trinajstić information content (AvgIpc) is 2.76. The summed E-state index contributed by atoms with van der Waals surface area (Å²) in [6.07, 6.45) is 5.42. The summed E-state index contributed by atoms with van der Waals surface area (Å²) in [5.74, 6) is 0. The highest BCUT2D eigenvalue weighted by Crippen LogP contribution is 2.14. The highest BCUT2D eigenvalue weighted by molar-refractivity contribution is 7.15. The van der Waals surface area contributed by atoms with Gasteiger partial charge < -0.3 is 9.88 Å². The number of anilines is 1. The van der Waals surface area contributed by atoms with Crippen LogP contribution in [0.5, 0.6) is 0 Å². The lowest BCUT2D eigenvalue weighted by Gasteiger charge is -1.94. The maximum Gasteiger partial charge on any atom is 0.205 e. The Labute approximate surface area is 79.5 Å². The Bertz CT molecular complexity index is 366. The summed E-state index contributed by atoms with van der Waals surface area (Å²) in [5.41, 5.74) is 0. The number of hydrogen-bond acceptors (Lipinski definition) is 5. The van der Waals surface area contributed by atoms with E-state index < -0.39 is 0 Å². The van der Waals surface area contributed by atoms with Gasteiger partial charge in [-0.05, 0) is 0 Å². The molecule has 1 N–H and O–H groups in total. The third kappa shape index (κ3) is 1.83. The summed E-state index contributed by atoms with van der Waals surface area (Å²) in [7, 11) is 1.83. The first-order valence-electron chi connectivity index (χ1n) is 3.84. The molecule has 0 aliphatic heterocycles. The van der Waals surface area contributed by atoms with Crippen molar-refractivity contribution < 1.29 is 0 Å². The number of nitrogens with zero attached hydrogens (tertiary/aromatic N) is 4. The summed E-state index contributed by atoms with van der Waals surface area (Å²) in [6.45, 7) is 0.735. The second-order valence-corrected chi connectivity index (χ2v) is 3.55. The highest BCUT2D eigenvalue weighted by atomic mass is 32.1. The van der Waals surface area contributed by atoms with E-state index in [4.69, 9.17) is 0 Å². The second kappa shape index (κ2) is 3.53. The molecule has 5 nitrogen and oxygen atoms in total. The number of imidazole rings is 1. The van der Waals surface area contributed by atoms with Crippen LogP contribution in [0, 0.1) is 0 Å². The summed E-state index contributed by atoms with van der Waals surface area (Å²) < 4.78 is 1.96. The van der Waals surface area contributed by atoms with Crippen LogP contribution >= 0.6 is 11.3 Å². The van der Waals surface area contributed by atoms with Gasteiger partial charge in [0.05, 0.1) is 12.9 Å². The van der Waals surface area contributed by atoms with Gasteiger partial charge in [-0.1, -0.05) is 11.3 Å². The second-order valence-electron chi connectivity index (χ2n) is 2.49. The fourth-order valence-corrected chi connectivity index (χ4v) is 1.66. The van der Waals surface area contributed by atoms with E-state index in [9.17, 15) is 0 Å². The van der Waals surface area contributed by atoms with E-state index in [0.717, 1.165) is 16.7 Å². The first-order valence-corrected chi connectivity index (χ1v) is 4.66. The molecule has 13 heavy (non-hydrogen) atoms. The van der Waals surface area contributed by atoms with Gasteiger partial charge in [0, 0.05) is 19.4 Å². The van der Waals surface area contributed by atoms with Crippen LogP contribution in [0.2, 0.25) is 0 Å². The van der Waals surface area contributed by atoms with Gasteiger partial charge in [-0.15, -0.1) is 10.2 Å². The Balaban J connectivity index is 2.10. The molecule has 0 bridgehead atoms. The molecule has 0 saturated carbocycles. The van der Waals surface area contributed by atoms with Crippen molar-refractivity contribution in [2.24, 2.45) is 0 Å². The minimum atomic E-state index is 0.735. The van der Waals surface area contributed by atoms with Crippen LogP contribution < -0.4 is 5.32 Å². The molecule has 0 spiro atoms. The van der Waals surface area contributed by atoms with Crippen LogP contribution in [-0.2, 0) is 6.54 Å². The molecular weight excluding hydrogens is 186 g/mol. The van der Waals surface area contributed by atoms with E-state index in [2.05, 4.69) is 20.5 Å². The zero-order chi connectivity index (χ0) is 9.10. The lowest BCUT2D eigenvalue weighted by Crippen LogP contribution is -1.95. The van der Waals surface area contributed by atoms with Crippen LogP contribution in [0.25, 0.3) is 0 Å². The van der Waals surface area contributed by atoms with Gasteiger partial charge in [0.25, 0.3) is 0 Å². The Hall–Kier alpha value is -1.43. The van der Waals surface area contributed by atoms with Crippen molar-refractivity contribution in [1.29, 1.82) is 0 Å². The van der Waals surface area contributed by atoms with Crippen molar-refractivity contribution in [3.05, 3.63) is 23.7 Å². The fraction of sp³-hybridized carbons (Fsp3) is 0.286. The molecule has 6 heteroatoms. The highest BCUT2D eigenvalue weighted by Gasteiger charge is 2.01. The molecule has 68 valence electrons. The number of nitrogens with one attached hydrogen (secondary N) is 1. The van der Waals surface area contributed by atoms with Gasteiger partial charge >= 0.3 is 0 Å². The SMILES string of the molecule is CNc1nnc(Cn2ccnc2)s1. The predicted molar refractivity (Wildman–Crippen MR) is 50.8 cm³/mol. The molecule has 0 atom stereocenters. The van der Waals surface area contributed by atoms with E-state index in [0.29, 0.717) is 0 Å². The third-order valence-corrected chi connectivity index (χ3v) is 2.48. The lowest BCUT2D eigenvalue weighted by atomic mass is 10.6. The largest absolute Gasteiger partial charge is 0.363 e. The molecule has 0 saturated heterocycles. The molecule has 0 amide bonds. The Morgan fingerprint density at radius 1 is 1.54 bits per heavy atom. The van der Waals surface area contributed by atoms with Gasteiger partial charge in [0.15, 0.2) is 0 Å². The van der Waals surface area contributed by atoms with Gasteiger partial charge in [0.1, 0.15) is 5.01 Å². The summed E-state index contributed by atoms with van der Waals surface area (Å²) in [5, 5.41) is 12.7. The molecule has 2 heterocycles. The molecule has 2 aromatic heterocycles. The number of aromatic nitrogens is 4. The molecule has 0 fully saturated rings. The summed E-state index contributed by atoms with van der Waals surface area (Å²) in [4.78, 5) is 3.95. The Kier molecular flexibility index (Phi) is 2.22. The molecular formula is C7H9N5S. The average molecular weight is 195 g/mol. The first kappa shape index (κ1) is 8.18. The molecule has 0 unspecified atom stereocenters. The van der Waals surface area contributed by atoms with Crippen molar-refractivity contribution in [2.75, 3.05) is 12.4 Å². The molecule has 0 aliphatic carbocycles. The molecule has 2 aromatic rings. The third-order valence-electron chi connectivity index (χ3n) is 1.56. The van der Waals surface area contributed by atoms with Crippen molar-refractivity contribution in [3.63, 3.8) is 0 Å². The van der Waals surface area contributed by atoms with Crippen molar-refractivity contribution in [1.82, 2.24) is 19.7 Å². The van der Waals surface area contributed by atoms with Crippen molar-refractivity contribution in [3.8, 4) is 0 Å². The maximum absolute atomic E-state index is 4.02. The zero-order valence-electron chi connectivity index (χ0n) is 7.14. The van der Waals surface area contributed by atoms with Crippen molar-refractivity contribution >= 4 is 16.5 Å². The van der Waals surface area contributed by atoms with Crippen molar-refractivity contribution in [2.45, 2.75) is 6.54 Å². The topological polar surface area (TPSA) is 55.6 Å². The van der Waals surface area contributed by atoms with Gasteiger partial charge in [0.2, 0.25) is 5.13 Å². The van der Waals surface area contributed by atoms with Crippen LogP contribution in [0.4, 0.5) is 5.13 Å². The minimum Gasteiger partial charge on any atom is -0.363 e. The monoisotopic (exact) mass is 195 g/mol. The van der Waals surface area contributed by atoms with Crippen LogP contribution in [-0.4, -0.2) is 26.8 Å². The van der Waals surface area contributed by atoms with Gasteiger partial charge in [-0.2, -0.15) is 0 Å². The molecule has 0 aliphatic rings. The molecule has 0 aromatic carbocycles. The van der Waals surface area contributed by atoms with Crippen LogP contribution in [0.1, 0.15) is 5.01 Å². The smallest absolute Gasteiger partial charge is 0.205 e. The Morgan fingerprint density at radius 3 is 3.08 bits per heavy atom. The van der Waals surface area contributed by atoms with Gasteiger partial charge in [-0.3, -0.25) is 0 Å². The van der Waals surface area contributed by atoms with E-state index in [1.807, 2.05) is 17.8 Å². The zero-order valence-corrected chi connectivity index (χ0v) is 7.95. The molecule has 2 rings (SSSR count). The maximum atomic E-state index is 4.02. The minimum absolute atomic E-state index is 0.735. The van der Waals surface area contributed by atoms with E-state index in [-0.39, 0.29) is 0 Å². The Morgan fingerprint density at radius 2 is 2.46 bits per heavy atom. The van der Waals surface area contributed by atoms with Crippen LogP contribution in [0.3, 0.4) is 0 Å². The predicted octanol–water partition coefficient (Wildman–Crippen LogP) is 0.825. The fourth-order valence-electron chi connectivity index (χ4n) is 0.955. The summed E-state index contributed by atoms with van der Waals surface area (Å²) >= 11 is 1.55. The molecule has 0 radical (unpaired) electrons. The standard InChI is InChI=1S/C7H9N5S/c1-8-7-11-10-6(13-7)4-12-3-2-9-5-12/h2-3,5H,4H2,1H3,(H,8,11). The van der Waals surface area contributed by atoms with Gasteiger partial charge in [-0.25, -0.2) is 4.98 Å². The van der Waals surface area contributed by atoms with E-state index in [1.54, 1.807) is 23.9 Å². The van der Waals surface area contributed by atoms with Crippen LogP contribution in [0.15, 0.2) is 18.7 Å². The van der Waals surface area contributed by atoms with E-state index in [1.165, 1.54) is 0 Å². The number of hydrogen-bond donors (Lipinski definition) is 1.